The van der Waals surface area contributed by atoms with Crippen LogP contribution in [0.15, 0.2) is 90.0 Å². The molecule has 0 aliphatic heterocycles. The maximum absolute atomic E-state index is 14.2. The lowest BCUT2D eigenvalue weighted by molar-refractivity contribution is 0.387. The summed E-state index contributed by atoms with van der Waals surface area (Å²) < 4.78 is 46.9. The Hall–Kier alpha value is -4.61. The molecule has 11 heteroatoms. The summed E-state index contributed by atoms with van der Waals surface area (Å²) >= 11 is 0. The second-order valence-electron chi connectivity index (χ2n) is 9.28. The zero-order valence-corrected chi connectivity index (χ0v) is 23.4. The van der Waals surface area contributed by atoms with Gasteiger partial charge in [0.15, 0.2) is 11.6 Å². The molecule has 0 spiro atoms. The van der Waals surface area contributed by atoms with E-state index in [1.165, 1.54) is 13.2 Å². The molecule has 5 rings (SSSR count). The smallest absolute Gasteiger partial charge is 0.240 e. The first-order valence-electron chi connectivity index (χ1n) is 13.0. The van der Waals surface area contributed by atoms with Gasteiger partial charge in [0, 0.05) is 30.4 Å². The number of aryl methyl sites for hydroxylation is 1. The molecule has 3 aromatic carbocycles. The largest absolute Gasteiger partial charge is 0.494 e. The molecular formula is C30H29FN6O3S. The fraction of sp³-hybridized carbons (Fsp3) is 0.167. The third-order valence-electron chi connectivity index (χ3n) is 6.35. The van der Waals surface area contributed by atoms with Crippen molar-refractivity contribution < 1.29 is 17.5 Å². The molecule has 0 saturated heterocycles. The van der Waals surface area contributed by atoms with Crippen molar-refractivity contribution in [3.63, 3.8) is 0 Å². The molecule has 0 atom stereocenters. The van der Waals surface area contributed by atoms with E-state index >= 15 is 0 Å². The van der Waals surface area contributed by atoms with Crippen LogP contribution in [-0.4, -0.2) is 48.6 Å². The molecule has 0 fully saturated rings. The highest BCUT2D eigenvalue weighted by Gasteiger charge is 2.19. The van der Waals surface area contributed by atoms with Crippen LogP contribution in [0.4, 0.5) is 10.3 Å². The molecule has 0 amide bonds. The van der Waals surface area contributed by atoms with Crippen molar-refractivity contribution in [1.82, 2.24) is 24.7 Å². The number of halogens is 1. The van der Waals surface area contributed by atoms with Crippen LogP contribution >= 0.6 is 0 Å². The zero-order valence-electron chi connectivity index (χ0n) is 22.6. The van der Waals surface area contributed by atoms with E-state index in [0.717, 1.165) is 11.1 Å². The van der Waals surface area contributed by atoms with Gasteiger partial charge in [0.2, 0.25) is 16.0 Å². The first-order valence-corrected chi connectivity index (χ1v) is 14.5. The number of ether oxygens (including phenoxy) is 1. The third kappa shape index (κ3) is 6.59. The highest BCUT2D eigenvalue weighted by molar-refractivity contribution is 7.89. The average molecular weight is 573 g/mol. The van der Waals surface area contributed by atoms with Gasteiger partial charge >= 0.3 is 0 Å². The second kappa shape index (κ2) is 12.3. The van der Waals surface area contributed by atoms with Gasteiger partial charge in [-0.05, 0) is 49.7 Å². The quantitative estimate of drug-likeness (QED) is 0.180. The van der Waals surface area contributed by atoms with Gasteiger partial charge < -0.3 is 15.0 Å². The van der Waals surface area contributed by atoms with Crippen molar-refractivity contribution in [3.8, 4) is 39.8 Å². The van der Waals surface area contributed by atoms with Crippen molar-refractivity contribution in [2.75, 3.05) is 25.5 Å². The van der Waals surface area contributed by atoms with Crippen LogP contribution in [0.1, 0.15) is 12.0 Å². The maximum atomic E-state index is 14.2. The molecule has 3 N–H and O–H groups in total. The summed E-state index contributed by atoms with van der Waals surface area (Å²) in [6.45, 7) is 2.60. The average Bonchev–Trinajstić information content (AvgIpc) is 3.44. The lowest BCUT2D eigenvalue weighted by Crippen LogP contribution is -2.26. The van der Waals surface area contributed by atoms with Gasteiger partial charge in [0.05, 0.1) is 29.1 Å². The van der Waals surface area contributed by atoms with E-state index in [1.54, 1.807) is 48.7 Å². The van der Waals surface area contributed by atoms with Gasteiger partial charge in [-0.3, -0.25) is 0 Å². The normalized spacial score (nSPS) is 11.4. The lowest BCUT2D eigenvalue weighted by Gasteiger charge is -2.09. The van der Waals surface area contributed by atoms with E-state index in [9.17, 15) is 12.8 Å². The summed E-state index contributed by atoms with van der Waals surface area (Å²) in [5, 5.41) is 3.15. The number of H-pyrrole nitrogens is 1. The Labute approximate surface area is 237 Å². The number of aromatic amines is 1. The number of rotatable bonds is 11. The van der Waals surface area contributed by atoms with E-state index in [4.69, 9.17) is 9.72 Å². The van der Waals surface area contributed by atoms with Crippen LogP contribution in [0, 0.1) is 12.7 Å². The zero-order chi connectivity index (χ0) is 28.8. The topological polar surface area (TPSA) is 122 Å². The van der Waals surface area contributed by atoms with Crippen LogP contribution in [0.5, 0.6) is 5.75 Å². The molecule has 9 nitrogen and oxygen atoms in total. The summed E-state index contributed by atoms with van der Waals surface area (Å²) in [4.78, 5) is 17.4. The fourth-order valence-corrected chi connectivity index (χ4v) is 5.26. The monoisotopic (exact) mass is 572 g/mol. The number of imidazole rings is 1. The molecule has 0 unspecified atom stereocenters. The molecule has 0 radical (unpaired) electrons. The molecule has 5 aromatic rings. The van der Waals surface area contributed by atoms with E-state index < -0.39 is 15.8 Å². The van der Waals surface area contributed by atoms with Gasteiger partial charge in [-0.15, -0.1) is 0 Å². The minimum Gasteiger partial charge on any atom is -0.494 e. The summed E-state index contributed by atoms with van der Waals surface area (Å²) in [6, 6.07) is 22.7. The number of hydrogen-bond donors (Lipinski definition) is 3. The molecule has 2 heterocycles. The van der Waals surface area contributed by atoms with Gasteiger partial charge in [-0.25, -0.2) is 32.5 Å². The minimum absolute atomic E-state index is 0.112. The summed E-state index contributed by atoms with van der Waals surface area (Å²) in [5.74, 6) is 0.655. The Kier molecular flexibility index (Phi) is 8.37. The van der Waals surface area contributed by atoms with Crippen molar-refractivity contribution in [3.05, 3.63) is 96.4 Å². The Morgan fingerprint density at radius 1 is 0.927 bits per heavy atom. The van der Waals surface area contributed by atoms with E-state index in [1.807, 2.05) is 37.3 Å². The number of benzene rings is 3. The molecule has 0 saturated carbocycles. The molecule has 0 aliphatic rings. The van der Waals surface area contributed by atoms with E-state index in [-0.39, 0.29) is 17.2 Å². The maximum Gasteiger partial charge on any atom is 0.240 e. The summed E-state index contributed by atoms with van der Waals surface area (Å²) in [6.07, 6.45) is 2.14. The highest BCUT2D eigenvalue weighted by atomic mass is 32.2. The van der Waals surface area contributed by atoms with Crippen molar-refractivity contribution in [1.29, 1.82) is 0 Å². The number of nitrogens with one attached hydrogen (secondary N) is 3. The van der Waals surface area contributed by atoms with Gasteiger partial charge in [-0.2, -0.15) is 0 Å². The van der Waals surface area contributed by atoms with Gasteiger partial charge in [0.1, 0.15) is 5.82 Å². The summed E-state index contributed by atoms with van der Waals surface area (Å²) in [5.41, 5.74) is 4.33. The number of aromatic nitrogens is 4. The van der Waals surface area contributed by atoms with E-state index in [0.29, 0.717) is 47.4 Å². The van der Waals surface area contributed by atoms with Crippen molar-refractivity contribution >= 4 is 16.0 Å². The first kappa shape index (κ1) is 27.9. The third-order valence-corrected chi connectivity index (χ3v) is 7.82. The first-order chi connectivity index (χ1) is 19.8. The van der Waals surface area contributed by atoms with Gasteiger partial charge in [-0.1, -0.05) is 48.0 Å². The number of nitrogens with zero attached hydrogens (tertiary/aromatic N) is 3. The standard InChI is InChI=1S/C30H29FN6O3S/c1-20-9-12-23(13-10-20)41(38,39)34-17-6-16-32-30-33-18-15-25(35-30)28-27(22-11-14-24(31)26(19-22)40-2)36-29(37-28)21-7-4-3-5-8-21/h3-5,7-15,18-19,34H,6,16-17H2,1-2H3,(H,36,37)(H,32,33,35). The minimum atomic E-state index is -3.58. The van der Waals surface area contributed by atoms with E-state index in [2.05, 4.69) is 25.0 Å². The number of hydrogen-bond acceptors (Lipinski definition) is 7. The van der Waals surface area contributed by atoms with Crippen LogP contribution in [-0.2, 0) is 10.0 Å². The molecular weight excluding hydrogens is 543 g/mol. The number of methoxy groups -OCH3 is 1. The number of sulfonamides is 1. The molecule has 0 aliphatic carbocycles. The van der Waals surface area contributed by atoms with Crippen molar-refractivity contribution in [2.45, 2.75) is 18.2 Å². The molecule has 2 aromatic heterocycles. The van der Waals surface area contributed by atoms with Crippen LogP contribution in [0.3, 0.4) is 0 Å². The lowest BCUT2D eigenvalue weighted by atomic mass is 10.1. The Bertz CT molecular complexity index is 1740. The molecule has 0 bridgehead atoms. The number of anilines is 1. The van der Waals surface area contributed by atoms with Crippen LogP contribution < -0.4 is 14.8 Å². The highest BCUT2D eigenvalue weighted by Crippen LogP contribution is 2.34. The molecule has 41 heavy (non-hydrogen) atoms. The second-order valence-corrected chi connectivity index (χ2v) is 11.0. The predicted molar refractivity (Wildman–Crippen MR) is 156 cm³/mol. The van der Waals surface area contributed by atoms with Gasteiger partial charge in [0.25, 0.3) is 0 Å². The molecule has 210 valence electrons. The Morgan fingerprint density at radius 3 is 2.46 bits per heavy atom. The Balaban J connectivity index is 1.33. The summed E-state index contributed by atoms with van der Waals surface area (Å²) in [7, 11) is -2.16. The predicted octanol–water partition coefficient (Wildman–Crippen LogP) is 5.44. The van der Waals surface area contributed by atoms with Crippen LogP contribution in [0.25, 0.3) is 34.0 Å². The van der Waals surface area contributed by atoms with Crippen LogP contribution in [0.2, 0.25) is 0 Å². The SMILES string of the molecule is COc1cc(-c2nc(-c3ccccc3)[nH]c2-c2ccnc(NCCCNS(=O)(=O)c3ccc(C)cc3)n2)ccc1F. The van der Waals surface area contributed by atoms with Crippen molar-refractivity contribution in [2.24, 2.45) is 0 Å². The Morgan fingerprint density at radius 2 is 1.71 bits per heavy atom. The fourth-order valence-electron chi connectivity index (χ4n) is 4.19.